The summed E-state index contributed by atoms with van der Waals surface area (Å²) in [6.07, 6.45) is 5.01. The summed E-state index contributed by atoms with van der Waals surface area (Å²) in [7, 11) is 1.82. The highest BCUT2D eigenvalue weighted by Crippen LogP contribution is 2.24. The van der Waals surface area contributed by atoms with Gasteiger partial charge in [-0.15, -0.1) is 0 Å². The number of hydrogen-bond acceptors (Lipinski definition) is 4. The summed E-state index contributed by atoms with van der Waals surface area (Å²) in [5.74, 6) is 0.677. The van der Waals surface area contributed by atoms with Gasteiger partial charge in [-0.25, -0.2) is 4.99 Å². The van der Waals surface area contributed by atoms with E-state index in [4.69, 9.17) is 0 Å². The Bertz CT molecular complexity index is 836. The second-order valence-corrected chi connectivity index (χ2v) is 8.13. The lowest BCUT2D eigenvalue weighted by Gasteiger charge is -2.29. The van der Waals surface area contributed by atoms with Gasteiger partial charge >= 0.3 is 0 Å². The van der Waals surface area contributed by atoms with Crippen LogP contribution in [0.2, 0.25) is 0 Å². The Labute approximate surface area is 191 Å². The van der Waals surface area contributed by atoms with E-state index in [1.54, 1.807) is 11.1 Å². The average Bonchev–Trinajstić information content (AvgIpc) is 3.37. The molecule has 1 unspecified atom stereocenters. The maximum atomic E-state index is 12.6. The highest BCUT2D eigenvalue weighted by atomic mass is 16.2. The second-order valence-electron chi connectivity index (χ2n) is 8.13. The summed E-state index contributed by atoms with van der Waals surface area (Å²) < 4.78 is 0. The van der Waals surface area contributed by atoms with E-state index in [1.807, 2.05) is 32.2 Å². The van der Waals surface area contributed by atoms with Gasteiger partial charge in [0, 0.05) is 45.0 Å². The Morgan fingerprint density at radius 2 is 1.88 bits per heavy atom. The molecule has 0 aliphatic carbocycles. The van der Waals surface area contributed by atoms with Crippen LogP contribution in [0, 0.1) is 0 Å². The summed E-state index contributed by atoms with van der Waals surface area (Å²) in [6.45, 7) is 6.51. The largest absolute Gasteiger partial charge is 0.357 e. The lowest BCUT2D eigenvalue weighted by Crippen LogP contribution is -2.43. The highest BCUT2D eigenvalue weighted by Gasteiger charge is 2.23. The summed E-state index contributed by atoms with van der Waals surface area (Å²) in [6, 6.07) is 16.8. The molecule has 2 heterocycles. The molecule has 0 saturated carbocycles. The van der Waals surface area contributed by atoms with E-state index >= 15 is 0 Å². The molecule has 1 aliphatic heterocycles. The molecule has 0 bridgehead atoms. The summed E-state index contributed by atoms with van der Waals surface area (Å²) in [5, 5.41) is 6.74. The fraction of sp³-hybridized carbons (Fsp3) is 0.480. The summed E-state index contributed by atoms with van der Waals surface area (Å²) in [5.41, 5.74) is 2.29. The molecule has 0 radical (unpaired) electrons. The predicted molar refractivity (Wildman–Crippen MR) is 130 cm³/mol. The van der Waals surface area contributed by atoms with Crippen molar-refractivity contribution in [3.63, 3.8) is 0 Å². The van der Waals surface area contributed by atoms with Crippen molar-refractivity contribution in [3.05, 3.63) is 66.0 Å². The van der Waals surface area contributed by atoms with E-state index in [2.05, 4.69) is 55.8 Å². The molecule has 1 aromatic heterocycles. The molecule has 1 saturated heterocycles. The van der Waals surface area contributed by atoms with Crippen LogP contribution in [0.25, 0.3) is 0 Å². The van der Waals surface area contributed by atoms with Crippen LogP contribution < -0.4 is 10.6 Å². The number of benzene rings is 1. The van der Waals surface area contributed by atoms with Crippen molar-refractivity contribution in [1.29, 1.82) is 0 Å². The third-order valence-electron chi connectivity index (χ3n) is 5.80. The molecule has 1 amide bonds. The first kappa shape index (κ1) is 23.7. The molecule has 0 spiro atoms. The number of nitrogens with zero attached hydrogens (tertiary/aromatic N) is 4. The lowest BCUT2D eigenvalue weighted by atomic mass is 10.1. The number of rotatable bonds is 10. The van der Waals surface area contributed by atoms with Crippen LogP contribution in [0.1, 0.15) is 37.1 Å². The molecular weight excluding hydrogens is 400 g/mol. The number of hydrogen-bond donors (Lipinski definition) is 2. The fourth-order valence-corrected chi connectivity index (χ4v) is 3.94. The number of nitrogens with one attached hydrogen (secondary N) is 2. The normalized spacial score (nSPS) is 15.4. The Morgan fingerprint density at radius 1 is 1.12 bits per heavy atom. The minimum Gasteiger partial charge on any atom is -0.357 e. The first-order valence-electron chi connectivity index (χ1n) is 11.6. The van der Waals surface area contributed by atoms with E-state index in [0.717, 1.165) is 38.3 Å². The Morgan fingerprint density at radius 3 is 2.56 bits per heavy atom. The first-order valence-corrected chi connectivity index (χ1v) is 11.6. The van der Waals surface area contributed by atoms with Crippen LogP contribution >= 0.6 is 0 Å². The SMILES string of the molecule is CCNC(=NCC(=O)N(C)CCc1ccccn1)NCC(c1ccccc1)N1CCCC1. The molecule has 2 N–H and O–H groups in total. The van der Waals surface area contributed by atoms with Gasteiger partial charge in [0.2, 0.25) is 5.91 Å². The molecule has 3 rings (SSSR count). The molecule has 1 aliphatic rings. The van der Waals surface area contributed by atoms with Crippen LogP contribution in [0.3, 0.4) is 0 Å². The van der Waals surface area contributed by atoms with Gasteiger partial charge in [-0.3, -0.25) is 14.7 Å². The number of carbonyl (C=O) groups excluding carboxylic acids is 1. The topological polar surface area (TPSA) is 72.9 Å². The molecule has 1 fully saturated rings. The van der Waals surface area contributed by atoms with Crippen molar-refractivity contribution in [2.75, 3.05) is 46.3 Å². The molecule has 2 aromatic rings. The number of guanidine groups is 1. The van der Waals surface area contributed by atoms with Crippen molar-refractivity contribution in [2.24, 2.45) is 4.99 Å². The predicted octanol–water partition coefficient (Wildman–Crippen LogP) is 2.47. The number of aromatic nitrogens is 1. The van der Waals surface area contributed by atoms with E-state index in [-0.39, 0.29) is 12.5 Å². The third kappa shape index (κ3) is 7.34. The van der Waals surface area contributed by atoms with Crippen molar-refractivity contribution in [1.82, 2.24) is 25.4 Å². The van der Waals surface area contributed by atoms with Crippen LogP contribution in [0.5, 0.6) is 0 Å². The number of carbonyl (C=O) groups is 1. The Kier molecular flexibility index (Phi) is 9.50. The third-order valence-corrected chi connectivity index (χ3v) is 5.80. The molecule has 1 atom stereocenters. The van der Waals surface area contributed by atoms with Gasteiger partial charge < -0.3 is 15.5 Å². The van der Waals surface area contributed by atoms with Gasteiger partial charge in [-0.05, 0) is 50.6 Å². The minimum atomic E-state index is -0.00251. The number of likely N-dealkylation sites (N-methyl/N-ethyl adjacent to an activating group) is 1. The second kappa shape index (κ2) is 12.8. The van der Waals surface area contributed by atoms with E-state index in [0.29, 0.717) is 18.5 Å². The van der Waals surface area contributed by atoms with Gasteiger partial charge in [0.15, 0.2) is 5.96 Å². The zero-order chi connectivity index (χ0) is 22.6. The van der Waals surface area contributed by atoms with Crippen molar-refractivity contribution < 1.29 is 4.79 Å². The Balaban J connectivity index is 1.55. The summed E-state index contributed by atoms with van der Waals surface area (Å²) in [4.78, 5) is 25.7. The molecule has 172 valence electrons. The molecule has 7 heteroatoms. The average molecular weight is 437 g/mol. The van der Waals surface area contributed by atoms with E-state index in [1.165, 1.54) is 18.4 Å². The van der Waals surface area contributed by atoms with Gasteiger partial charge in [-0.1, -0.05) is 36.4 Å². The van der Waals surface area contributed by atoms with Crippen LogP contribution in [0.15, 0.2) is 59.7 Å². The standard InChI is InChI=1S/C25H36N6O/c1-3-26-25(29-20-24(32)30(2)18-14-22-13-7-8-15-27-22)28-19-23(31-16-9-10-17-31)21-11-5-4-6-12-21/h4-8,11-13,15,23H,3,9-10,14,16-20H2,1-2H3,(H2,26,28,29). The van der Waals surface area contributed by atoms with Crippen molar-refractivity contribution in [2.45, 2.75) is 32.2 Å². The highest BCUT2D eigenvalue weighted by molar-refractivity contribution is 5.84. The van der Waals surface area contributed by atoms with Gasteiger partial charge in [0.05, 0.1) is 6.04 Å². The monoisotopic (exact) mass is 436 g/mol. The summed E-state index contributed by atoms with van der Waals surface area (Å²) >= 11 is 0. The van der Waals surface area contributed by atoms with Crippen molar-refractivity contribution in [3.8, 4) is 0 Å². The zero-order valence-electron chi connectivity index (χ0n) is 19.3. The zero-order valence-corrected chi connectivity index (χ0v) is 19.3. The van der Waals surface area contributed by atoms with E-state index < -0.39 is 0 Å². The fourth-order valence-electron chi connectivity index (χ4n) is 3.94. The van der Waals surface area contributed by atoms with E-state index in [9.17, 15) is 4.79 Å². The van der Waals surface area contributed by atoms with Gasteiger partial charge in [0.1, 0.15) is 6.54 Å². The Hall–Kier alpha value is -2.93. The maximum absolute atomic E-state index is 12.6. The maximum Gasteiger partial charge on any atom is 0.244 e. The number of aliphatic imine (C=N–C) groups is 1. The lowest BCUT2D eigenvalue weighted by molar-refractivity contribution is -0.128. The van der Waals surface area contributed by atoms with Crippen LogP contribution in [-0.2, 0) is 11.2 Å². The minimum absolute atomic E-state index is 0.00251. The smallest absolute Gasteiger partial charge is 0.244 e. The van der Waals surface area contributed by atoms with Crippen molar-refractivity contribution >= 4 is 11.9 Å². The molecular formula is C25H36N6O. The number of likely N-dealkylation sites (tertiary alicyclic amines) is 1. The number of pyridine rings is 1. The molecule has 7 nitrogen and oxygen atoms in total. The molecule has 32 heavy (non-hydrogen) atoms. The van der Waals surface area contributed by atoms with Crippen LogP contribution in [-0.4, -0.2) is 73.0 Å². The van der Waals surface area contributed by atoms with Gasteiger partial charge in [-0.2, -0.15) is 0 Å². The van der Waals surface area contributed by atoms with Gasteiger partial charge in [0.25, 0.3) is 0 Å². The quantitative estimate of drug-likeness (QED) is 0.442. The van der Waals surface area contributed by atoms with Crippen LogP contribution in [0.4, 0.5) is 0 Å². The molecule has 1 aromatic carbocycles. The number of amides is 1. The first-order chi connectivity index (χ1) is 15.7.